The molecule has 0 saturated carbocycles. The lowest BCUT2D eigenvalue weighted by atomic mass is 10.3. The van der Waals surface area contributed by atoms with Gasteiger partial charge in [0.1, 0.15) is 0 Å². The van der Waals surface area contributed by atoms with Gasteiger partial charge in [0.2, 0.25) is 0 Å². The molecule has 0 amide bonds. The molecule has 2 nitrogen and oxygen atoms in total. The Morgan fingerprint density at radius 2 is 2.42 bits per heavy atom. The predicted molar refractivity (Wildman–Crippen MR) is 51.8 cm³/mol. The third-order valence-electron chi connectivity index (χ3n) is 1.73. The Morgan fingerprint density at radius 3 is 2.92 bits per heavy atom. The molecule has 0 bridgehead atoms. The predicted octanol–water partition coefficient (Wildman–Crippen LogP) is 2.18. The molecule has 0 radical (unpaired) electrons. The zero-order chi connectivity index (χ0) is 8.97. The minimum atomic E-state index is 0.982. The van der Waals surface area contributed by atoms with Crippen molar-refractivity contribution in [2.75, 3.05) is 0 Å². The Labute approximate surface area is 73.2 Å². The first-order valence-corrected chi connectivity index (χ1v) is 4.10. The monoisotopic (exact) mass is 162 g/mol. The minimum absolute atomic E-state index is 0.982. The lowest BCUT2D eigenvalue weighted by Gasteiger charge is -1.90. The molecule has 0 aliphatic rings. The zero-order valence-electron chi connectivity index (χ0n) is 7.62. The number of aromatic nitrogens is 2. The fourth-order valence-corrected chi connectivity index (χ4v) is 1.04. The SMILES string of the molecule is C=C/C=C\c1cc(CC)nn1C. The van der Waals surface area contributed by atoms with E-state index in [-0.39, 0.29) is 0 Å². The molecule has 0 aliphatic carbocycles. The van der Waals surface area contributed by atoms with Crippen molar-refractivity contribution in [2.45, 2.75) is 13.3 Å². The van der Waals surface area contributed by atoms with Gasteiger partial charge in [-0.05, 0) is 18.6 Å². The van der Waals surface area contributed by atoms with Crippen molar-refractivity contribution in [3.05, 3.63) is 36.2 Å². The van der Waals surface area contributed by atoms with E-state index >= 15 is 0 Å². The molecule has 1 aromatic heterocycles. The first kappa shape index (κ1) is 8.78. The van der Waals surface area contributed by atoms with Crippen LogP contribution in [0, 0.1) is 0 Å². The summed E-state index contributed by atoms with van der Waals surface area (Å²) in [5.41, 5.74) is 2.24. The van der Waals surface area contributed by atoms with Crippen molar-refractivity contribution in [3.63, 3.8) is 0 Å². The largest absolute Gasteiger partial charge is 0.268 e. The molecule has 0 spiro atoms. The fourth-order valence-electron chi connectivity index (χ4n) is 1.04. The van der Waals surface area contributed by atoms with Crippen LogP contribution in [-0.2, 0) is 13.5 Å². The molecule has 64 valence electrons. The summed E-state index contributed by atoms with van der Waals surface area (Å²) in [4.78, 5) is 0. The Morgan fingerprint density at radius 1 is 1.67 bits per heavy atom. The maximum Gasteiger partial charge on any atom is 0.0628 e. The van der Waals surface area contributed by atoms with Crippen molar-refractivity contribution in [1.29, 1.82) is 0 Å². The molecule has 0 fully saturated rings. The van der Waals surface area contributed by atoms with Crippen LogP contribution in [0.4, 0.5) is 0 Å². The highest BCUT2D eigenvalue weighted by Gasteiger charge is 1.98. The number of rotatable bonds is 3. The van der Waals surface area contributed by atoms with Crippen LogP contribution < -0.4 is 0 Å². The van der Waals surface area contributed by atoms with Gasteiger partial charge in [0.05, 0.1) is 11.4 Å². The molecular weight excluding hydrogens is 148 g/mol. The maximum atomic E-state index is 4.31. The van der Waals surface area contributed by atoms with E-state index in [9.17, 15) is 0 Å². The van der Waals surface area contributed by atoms with Crippen LogP contribution in [-0.4, -0.2) is 9.78 Å². The fraction of sp³-hybridized carbons (Fsp3) is 0.300. The molecule has 0 unspecified atom stereocenters. The third kappa shape index (κ3) is 1.84. The van der Waals surface area contributed by atoms with Gasteiger partial charge in [-0.25, -0.2) is 0 Å². The van der Waals surface area contributed by atoms with E-state index in [0.717, 1.165) is 17.8 Å². The Balaban J connectivity index is 2.91. The molecule has 2 heteroatoms. The van der Waals surface area contributed by atoms with E-state index < -0.39 is 0 Å². The summed E-state index contributed by atoms with van der Waals surface area (Å²) in [6.07, 6.45) is 6.66. The smallest absolute Gasteiger partial charge is 0.0628 e. The van der Waals surface area contributed by atoms with Gasteiger partial charge in [0.15, 0.2) is 0 Å². The van der Waals surface area contributed by atoms with Crippen molar-refractivity contribution in [1.82, 2.24) is 9.78 Å². The normalized spacial score (nSPS) is 10.8. The molecule has 0 N–H and O–H groups in total. The maximum absolute atomic E-state index is 4.31. The molecule has 1 rings (SSSR count). The molecule has 0 aliphatic heterocycles. The molecule has 1 aromatic rings. The van der Waals surface area contributed by atoms with Crippen molar-refractivity contribution >= 4 is 6.08 Å². The number of nitrogens with zero attached hydrogens (tertiary/aromatic N) is 2. The second kappa shape index (κ2) is 3.90. The van der Waals surface area contributed by atoms with E-state index in [2.05, 4.69) is 24.7 Å². The lowest BCUT2D eigenvalue weighted by molar-refractivity contribution is 0.739. The molecule has 12 heavy (non-hydrogen) atoms. The molecule has 0 atom stereocenters. The van der Waals surface area contributed by atoms with E-state index in [1.807, 2.05) is 23.9 Å². The van der Waals surface area contributed by atoms with Gasteiger partial charge in [0.25, 0.3) is 0 Å². The van der Waals surface area contributed by atoms with Crippen LogP contribution in [0.2, 0.25) is 0 Å². The number of allylic oxidation sites excluding steroid dienone is 2. The average molecular weight is 162 g/mol. The molecule has 1 heterocycles. The Hall–Kier alpha value is -1.31. The highest BCUT2D eigenvalue weighted by atomic mass is 15.3. The number of aryl methyl sites for hydroxylation is 2. The Kier molecular flexibility index (Phi) is 2.86. The van der Waals surface area contributed by atoms with Gasteiger partial charge >= 0.3 is 0 Å². The average Bonchev–Trinajstić information content (AvgIpc) is 2.43. The topological polar surface area (TPSA) is 17.8 Å². The highest BCUT2D eigenvalue weighted by molar-refractivity contribution is 5.47. The van der Waals surface area contributed by atoms with Gasteiger partial charge in [-0.2, -0.15) is 5.10 Å². The van der Waals surface area contributed by atoms with Crippen LogP contribution in [0.5, 0.6) is 0 Å². The first-order chi connectivity index (χ1) is 5.77. The first-order valence-electron chi connectivity index (χ1n) is 4.10. The van der Waals surface area contributed by atoms with E-state index in [4.69, 9.17) is 0 Å². The molecule has 0 aromatic carbocycles. The van der Waals surface area contributed by atoms with Gasteiger partial charge < -0.3 is 0 Å². The zero-order valence-corrected chi connectivity index (χ0v) is 7.62. The second-order valence-electron chi connectivity index (χ2n) is 2.63. The third-order valence-corrected chi connectivity index (χ3v) is 1.73. The summed E-state index contributed by atoms with van der Waals surface area (Å²) in [5, 5.41) is 4.31. The number of hydrogen-bond donors (Lipinski definition) is 0. The van der Waals surface area contributed by atoms with E-state index in [0.29, 0.717) is 0 Å². The summed E-state index contributed by atoms with van der Waals surface area (Å²) in [7, 11) is 1.95. The van der Waals surface area contributed by atoms with Gasteiger partial charge in [-0.15, -0.1) is 0 Å². The summed E-state index contributed by atoms with van der Waals surface area (Å²) >= 11 is 0. The molecule has 0 saturated heterocycles. The summed E-state index contributed by atoms with van der Waals surface area (Å²) in [6, 6.07) is 2.08. The van der Waals surface area contributed by atoms with Crippen molar-refractivity contribution in [3.8, 4) is 0 Å². The van der Waals surface area contributed by atoms with Gasteiger partial charge in [-0.3, -0.25) is 4.68 Å². The van der Waals surface area contributed by atoms with Crippen LogP contribution >= 0.6 is 0 Å². The standard InChI is InChI=1S/C10H14N2/c1-4-6-7-10-8-9(5-2)11-12(10)3/h4,6-8H,1,5H2,2-3H3/b7-6-. The lowest BCUT2D eigenvalue weighted by Crippen LogP contribution is -1.93. The van der Waals surface area contributed by atoms with Crippen LogP contribution in [0.15, 0.2) is 24.8 Å². The van der Waals surface area contributed by atoms with Crippen LogP contribution in [0.1, 0.15) is 18.3 Å². The van der Waals surface area contributed by atoms with Crippen LogP contribution in [0.25, 0.3) is 6.08 Å². The highest BCUT2D eigenvalue weighted by Crippen LogP contribution is 2.05. The van der Waals surface area contributed by atoms with Crippen molar-refractivity contribution < 1.29 is 0 Å². The van der Waals surface area contributed by atoms with Gasteiger partial charge in [0, 0.05) is 7.05 Å². The summed E-state index contributed by atoms with van der Waals surface area (Å²) in [6.45, 7) is 5.72. The van der Waals surface area contributed by atoms with Crippen LogP contribution in [0.3, 0.4) is 0 Å². The van der Waals surface area contributed by atoms with E-state index in [1.54, 1.807) is 6.08 Å². The molecular formula is C10H14N2. The summed E-state index contributed by atoms with van der Waals surface area (Å²) < 4.78 is 1.87. The number of hydrogen-bond acceptors (Lipinski definition) is 1. The Bertz CT molecular complexity index is 295. The second-order valence-corrected chi connectivity index (χ2v) is 2.63. The quantitative estimate of drug-likeness (QED) is 0.623. The minimum Gasteiger partial charge on any atom is -0.268 e. The van der Waals surface area contributed by atoms with Gasteiger partial charge in [-0.1, -0.05) is 25.7 Å². The van der Waals surface area contributed by atoms with E-state index in [1.165, 1.54) is 0 Å². The van der Waals surface area contributed by atoms with Crippen molar-refractivity contribution in [2.24, 2.45) is 7.05 Å². The summed E-state index contributed by atoms with van der Waals surface area (Å²) in [5.74, 6) is 0.